The third-order valence-corrected chi connectivity index (χ3v) is 1.90. The molecular formula is C6H10BrN. The molecule has 1 unspecified atom stereocenters. The highest BCUT2D eigenvalue weighted by Crippen LogP contribution is 2.13. The molecule has 1 fully saturated rings. The van der Waals surface area contributed by atoms with E-state index in [0.29, 0.717) is 4.83 Å². The third-order valence-electron chi connectivity index (χ3n) is 1.25. The first-order valence-corrected chi connectivity index (χ1v) is 3.72. The van der Waals surface area contributed by atoms with E-state index in [9.17, 15) is 0 Å². The topological polar surface area (TPSA) is 12.0 Å². The van der Waals surface area contributed by atoms with Crippen molar-refractivity contribution in [3.8, 4) is 0 Å². The summed E-state index contributed by atoms with van der Waals surface area (Å²) in [5, 5.41) is 3.24. The Hall–Kier alpha value is 0.180. The van der Waals surface area contributed by atoms with E-state index in [1.54, 1.807) is 0 Å². The highest BCUT2D eigenvalue weighted by molar-refractivity contribution is 9.09. The Morgan fingerprint density at radius 1 is 1.75 bits per heavy atom. The summed E-state index contributed by atoms with van der Waals surface area (Å²) in [5.41, 5.74) is 1.30. The molecule has 1 rings (SSSR count). The minimum absolute atomic E-state index is 0.615. The Morgan fingerprint density at radius 2 is 2.50 bits per heavy atom. The van der Waals surface area contributed by atoms with Gasteiger partial charge in [0.25, 0.3) is 0 Å². The summed E-state index contributed by atoms with van der Waals surface area (Å²) in [4.78, 5) is 0.615. The van der Waals surface area contributed by atoms with E-state index in [1.165, 1.54) is 5.57 Å². The number of rotatable bonds is 0. The highest BCUT2D eigenvalue weighted by Gasteiger charge is 2.10. The van der Waals surface area contributed by atoms with E-state index < -0.39 is 0 Å². The maximum absolute atomic E-state index is 3.87. The van der Waals surface area contributed by atoms with Gasteiger partial charge >= 0.3 is 0 Å². The largest absolute Gasteiger partial charge is 0.312 e. The molecule has 0 aromatic carbocycles. The molecule has 1 N–H and O–H groups in total. The molecule has 0 radical (unpaired) electrons. The molecule has 1 saturated heterocycles. The Balaban J connectivity index is 2.34. The summed E-state index contributed by atoms with van der Waals surface area (Å²) in [6.45, 7) is 5.96. The Labute approximate surface area is 58.3 Å². The zero-order chi connectivity index (χ0) is 5.98. The number of hydrogen-bond acceptors (Lipinski definition) is 1. The second-order valence-electron chi connectivity index (χ2n) is 2.18. The van der Waals surface area contributed by atoms with E-state index in [4.69, 9.17) is 0 Å². The van der Waals surface area contributed by atoms with Crippen molar-refractivity contribution >= 4 is 15.9 Å². The van der Waals surface area contributed by atoms with Crippen LogP contribution >= 0.6 is 15.9 Å². The van der Waals surface area contributed by atoms with Gasteiger partial charge in [-0.3, -0.25) is 0 Å². The van der Waals surface area contributed by atoms with Crippen LogP contribution in [0.2, 0.25) is 0 Å². The van der Waals surface area contributed by atoms with Crippen LogP contribution < -0.4 is 5.32 Å². The number of hydrogen-bond donors (Lipinski definition) is 1. The number of nitrogens with one attached hydrogen (secondary N) is 1. The van der Waals surface area contributed by atoms with Gasteiger partial charge in [-0.25, -0.2) is 0 Å². The molecule has 1 aliphatic rings. The van der Waals surface area contributed by atoms with Crippen LogP contribution in [0.25, 0.3) is 0 Å². The maximum Gasteiger partial charge on any atom is 0.0308 e. The van der Waals surface area contributed by atoms with E-state index >= 15 is 0 Å². The van der Waals surface area contributed by atoms with Gasteiger partial charge in [0.05, 0.1) is 0 Å². The standard InChI is InChI=1S/C6H10BrN/c1-5-2-6(7)4-8-3-5/h6,8H,1-4H2. The van der Waals surface area contributed by atoms with Crippen molar-refractivity contribution in [3.05, 3.63) is 12.2 Å². The normalized spacial score (nSPS) is 30.6. The van der Waals surface area contributed by atoms with Gasteiger partial charge < -0.3 is 5.32 Å². The molecule has 0 bridgehead atoms. The lowest BCUT2D eigenvalue weighted by molar-refractivity contribution is 0.630. The molecule has 1 heterocycles. The molecule has 2 heteroatoms. The predicted molar refractivity (Wildman–Crippen MR) is 39.3 cm³/mol. The first-order valence-electron chi connectivity index (χ1n) is 2.80. The van der Waals surface area contributed by atoms with Gasteiger partial charge in [0.2, 0.25) is 0 Å². The smallest absolute Gasteiger partial charge is 0.0308 e. The van der Waals surface area contributed by atoms with E-state index in [2.05, 4.69) is 27.8 Å². The number of halogens is 1. The summed E-state index contributed by atoms with van der Waals surface area (Å²) >= 11 is 3.51. The van der Waals surface area contributed by atoms with Crippen molar-refractivity contribution in [3.63, 3.8) is 0 Å². The summed E-state index contributed by atoms with van der Waals surface area (Å²) < 4.78 is 0. The molecule has 0 aromatic heterocycles. The lowest BCUT2D eigenvalue weighted by Gasteiger charge is -2.18. The first-order chi connectivity index (χ1) is 3.79. The van der Waals surface area contributed by atoms with Crippen molar-refractivity contribution in [2.24, 2.45) is 0 Å². The molecule has 0 spiro atoms. The van der Waals surface area contributed by atoms with Crippen LogP contribution in [0.1, 0.15) is 6.42 Å². The van der Waals surface area contributed by atoms with Gasteiger partial charge in [-0.05, 0) is 6.42 Å². The predicted octanol–water partition coefficient (Wildman–Crippen LogP) is 1.30. The fourth-order valence-corrected chi connectivity index (χ4v) is 1.55. The SMILES string of the molecule is C=C1CNCC(Br)C1. The lowest BCUT2D eigenvalue weighted by atomic mass is 10.1. The summed E-state index contributed by atoms with van der Waals surface area (Å²) in [6, 6.07) is 0. The molecular weight excluding hydrogens is 166 g/mol. The second-order valence-corrected chi connectivity index (χ2v) is 3.48. The van der Waals surface area contributed by atoms with Crippen molar-refractivity contribution in [1.82, 2.24) is 5.32 Å². The van der Waals surface area contributed by atoms with Crippen molar-refractivity contribution < 1.29 is 0 Å². The zero-order valence-corrected chi connectivity index (χ0v) is 6.37. The number of alkyl halides is 1. The molecule has 1 atom stereocenters. The Kier molecular flexibility index (Phi) is 2.08. The third kappa shape index (κ3) is 1.60. The highest BCUT2D eigenvalue weighted by atomic mass is 79.9. The maximum atomic E-state index is 3.87. The van der Waals surface area contributed by atoms with E-state index in [0.717, 1.165) is 19.5 Å². The fraction of sp³-hybridized carbons (Fsp3) is 0.667. The summed E-state index contributed by atoms with van der Waals surface area (Å²) in [7, 11) is 0. The van der Waals surface area contributed by atoms with Crippen LogP contribution in [0.5, 0.6) is 0 Å². The van der Waals surface area contributed by atoms with Gasteiger partial charge in [0.15, 0.2) is 0 Å². The number of piperidine rings is 1. The molecule has 1 aliphatic heterocycles. The van der Waals surface area contributed by atoms with Crippen LogP contribution in [0.3, 0.4) is 0 Å². The molecule has 8 heavy (non-hydrogen) atoms. The second kappa shape index (κ2) is 2.65. The minimum atomic E-state index is 0.615. The average Bonchev–Trinajstić information content (AvgIpc) is 1.64. The van der Waals surface area contributed by atoms with Crippen LogP contribution in [0, 0.1) is 0 Å². The summed E-state index contributed by atoms with van der Waals surface area (Å²) in [5.74, 6) is 0. The monoisotopic (exact) mass is 175 g/mol. The minimum Gasteiger partial charge on any atom is -0.312 e. The quantitative estimate of drug-likeness (QED) is 0.433. The van der Waals surface area contributed by atoms with Gasteiger partial charge in [0, 0.05) is 17.9 Å². The Morgan fingerprint density at radius 3 is 2.88 bits per heavy atom. The van der Waals surface area contributed by atoms with Crippen molar-refractivity contribution in [1.29, 1.82) is 0 Å². The van der Waals surface area contributed by atoms with Crippen molar-refractivity contribution in [2.45, 2.75) is 11.2 Å². The van der Waals surface area contributed by atoms with Gasteiger partial charge in [-0.2, -0.15) is 0 Å². The molecule has 0 saturated carbocycles. The van der Waals surface area contributed by atoms with Crippen LogP contribution in [0.4, 0.5) is 0 Å². The fourth-order valence-electron chi connectivity index (χ4n) is 0.863. The first kappa shape index (κ1) is 6.30. The lowest BCUT2D eigenvalue weighted by Crippen LogP contribution is -2.31. The van der Waals surface area contributed by atoms with Crippen LogP contribution in [0.15, 0.2) is 12.2 Å². The molecule has 46 valence electrons. The average molecular weight is 176 g/mol. The zero-order valence-electron chi connectivity index (χ0n) is 4.78. The molecule has 0 amide bonds. The Bertz CT molecular complexity index is 101. The van der Waals surface area contributed by atoms with Gasteiger partial charge in [-0.15, -0.1) is 0 Å². The van der Waals surface area contributed by atoms with Gasteiger partial charge in [-0.1, -0.05) is 28.1 Å². The van der Waals surface area contributed by atoms with Gasteiger partial charge in [0.1, 0.15) is 0 Å². The van der Waals surface area contributed by atoms with E-state index in [-0.39, 0.29) is 0 Å². The molecule has 0 aromatic rings. The van der Waals surface area contributed by atoms with E-state index in [1.807, 2.05) is 0 Å². The van der Waals surface area contributed by atoms with Crippen LogP contribution in [-0.2, 0) is 0 Å². The summed E-state index contributed by atoms with van der Waals surface area (Å²) in [6.07, 6.45) is 1.13. The van der Waals surface area contributed by atoms with Crippen molar-refractivity contribution in [2.75, 3.05) is 13.1 Å². The molecule has 1 nitrogen and oxygen atoms in total. The molecule has 0 aliphatic carbocycles. The van der Waals surface area contributed by atoms with Crippen LogP contribution in [-0.4, -0.2) is 17.9 Å².